The Bertz CT molecular complexity index is 744. The third-order valence-corrected chi connectivity index (χ3v) is 4.76. The fourth-order valence-corrected chi connectivity index (χ4v) is 3.49. The number of rotatable bonds is 6. The molecule has 3 nitrogen and oxygen atoms in total. The van der Waals surface area contributed by atoms with Crippen molar-refractivity contribution < 1.29 is 14.6 Å². The smallest absolute Gasteiger partial charge is 0.339 e. The molecule has 0 spiro atoms. The van der Waals surface area contributed by atoms with Gasteiger partial charge in [-0.3, -0.25) is 0 Å². The largest absolute Gasteiger partial charge is 0.503 e. The van der Waals surface area contributed by atoms with Gasteiger partial charge in [-0.25, -0.2) is 4.79 Å². The first-order valence-corrected chi connectivity index (χ1v) is 8.39. The summed E-state index contributed by atoms with van der Waals surface area (Å²) in [6.45, 7) is 0. The Hall–Kier alpha value is -1.62. The summed E-state index contributed by atoms with van der Waals surface area (Å²) in [7, 11) is 1.42. The number of halogens is 2. The van der Waals surface area contributed by atoms with Crippen molar-refractivity contribution in [1.29, 1.82) is 0 Å². The normalized spacial score (nSPS) is 11.3. The fourth-order valence-electron chi connectivity index (χ4n) is 1.97. The van der Waals surface area contributed by atoms with Crippen molar-refractivity contribution >= 4 is 46.5 Å². The van der Waals surface area contributed by atoms with Crippen molar-refractivity contribution in [1.82, 2.24) is 0 Å². The Labute approximate surface area is 148 Å². The number of thioether (sulfide) groups is 1. The van der Waals surface area contributed by atoms with Gasteiger partial charge in [-0.2, -0.15) is 0 Å². The Balaban J connectivity index is 2.29. The van der Waals surface area contributed by atoms with Gasteiger partial charge in [0.2, 0.25) is 0 Å². The maximum Gasteiger partial charge on any atom is 0.339 e. The van der Waals surface area contributed by atoms with E-state index in [4.69, 9.17) is 27.9 Å². The molecule has 0 atom stereocenters. The van der Waals surface area contributed by atoms with Crippen LogP contribution in [0, 0.1) is 0 Å². The topological polar surface area (TPSA) is 46.5 Å². The van der Waals surface area contributed by atoms with Gasteiger partial charge in [0.25, 0.3) is 0 Å². The molecule has 23 heavy (non-hydrogen) atoms. The van der Waals surface area contributed by atoms with Crippen LogP contribution in [0.1, 0.15) is 11.1 Å². The minimum Gasteiger partial charge on any atom is -0.503 e. The first kappa shape index (κ1) is 17.7. The molecule has 2 rings (SSSR count). The molecule has 6 heteroatoms. The summed E-state index contributed by atoms with van der Waals surface area (Å²) in [5.41, 5.74) is 1.60. The van der Waals surface area contributed by atoms with Crippen molar-refractivity contribution in [3.8, 4) is 0 Å². The second kappa shape index (κ2) is 8.29. The van der Waals surface area contributed by atoms with Crippen LogP contribution in [-0.2, 0) is 15.3 Å². The van der Waals surface area contributed by atoms with Crippen molar-refractivity contribution in [3.63, 3.8) is 0 Å². The lowest BCUT2D eigenvalue weighted by molar-refractivity contribution is -0.130. The predicted octanol–water partition coefficient (Wildman–Crippen LogP) is 5.36. The number of hydrogen-bond acceptors (Lipinski definition) is 3. The maximum absolute atomic E-state index is 11.4. The average molecular weight is 369 g/mol. The lowest BCUT2D eigenvalue weighted by atomic mass is 10.1. The monoisotopic (exact) mass is 368 g/mol. The molecule has 2 aromatic carbocycles. The summed E-state index contributed by atoms with van der Waals surface area (Å²) in [5.74, 6) is -0.461. The van der Waals surface area contributed by atoms with Crippen LogP contribution < -0.4 is 0 Å². The second-order valence-corrected chi connectivity index (χ2v) is 6.45. The standard InChI is InChI=1S/C17H14Cl2O3S/c1-22-9-14(17(20)21)13-4-2-3-5-16(13)23-10-11-8-12(18)6-7-15(11)19/h2-9H,10H2,1H3,(H,20,21)/b14-9+. The summed E-state index contributed by atoms with van der Waals surface area (Å²) in [4.78, 5) is 12.2. The highest BCUT2D eigenvalue weighted by molar-refractivity contribution is 7.98. The van der Waals surface area contributed by atoms with Crippen LogP contribution in [0.3, 0.4) is 0 Å². The highest BCUT2D eigenvalue weighted by Gasteiger charge is 2.15. The van der Waals surface area contributed by atoms with Crippen LogP contribution in [0.25, 0.3) is 5.57 Å². The lowest BCUT2D eigenvalue weighted by Crippen LogP contribution is -2.01. The van der Waals surface area contributed by atoms with E-state index >= 15 is 0 Å². The van der Waals surface area contributed by atoms with E-state index in [-0.39, 0.29) is 5.57 Å². The molecule has 0 aromatic heterocycles. The molecule has 0 heterocycles. The molecular formula is C17H14Cl2O3S. The first-order chi connectivity index (χ1) is 11.0. The Kier molecular flexibility index (Phi) is 6.39. The number of carboxylic acids is 1. The predicted molar refractivity (Wildman–Crippen MR) is 95.1 cm³/mol. The average Bonchev–Trinajstić information content (AvgIpc) is 2.53. The summed E-state index contributed by atoms with van der Waals surface area (Å²) in [6, 6.07) is 12.6. The van der Waals surface area contributed by atoms with E-state index in [1.807, 2.05) is 18.2 Å². The molecule has 2 aromatic rings. The van der Waals surface area contributed by atoms with Crippen molar-refractivity contribution in [2.45, 2.75) is 10.6 Å². The summed E-state index contributed by atoms with van der Waals surface area (Å²) < 4.78 is 4.88. The molecule has 0 aliphatic carbocycles. The van der Waals surface area contributed by atoms with Gasteiger partial charge in [0.15, 0.2) is 0 Å². The van der Waals surface area contributed by atoms with E-state index in [0.29, 0.717) is 21.4 Å². The molecule has 1 N–H and O–H groups in total. The van der Waals surface area contributed by atoms with Crippen LogP contribution in [-0.4, -0.2) is 18.2 Å². The van der Waals surface area contributed by atoms with Crippen LogP contribution in [0.5, 0.6) is 0 Å². The van der Waals surface area contributed by atoms with Gasteiger partial charge in [0.05, 0.1) is 13.4 Å². The zero-order chi connectivity index (χ0) is 16.8. The Morgan fingerprint density at radius 1 is 1.26 bits per heavy atom. The molecule has 0 saturated heterocycles. The highest BCUT2D eigenvalue weighted by atomic mass is 35.5. The molecule has 0 unspecified atom stereocenters. The van der Waals surface area contributed by atoms with Crippen molar-refractivity contribution in [2.75, 3.05) is 7.11 Å². The van der Waals surface area contributed by atoms with E-state index in [2.05, 4.69) is 0 Å². The van der Waals surface area contributed by atoms with Gasteiger partial charge in [-0.15, -0.1) is 11.8 Å². The second-order valence-electron chi connectivity index (χ2n) is 4.59. The fraction of sp³-hybridized carbons (Fsp3) is 0.118. The minimum absolute atomic E-state index is 0.104. The van der Waals surface area contributed by atoms with Gasteiger partial charge in [0, 0.05) is 26.3 Å². The van der Waals surface area contributed by atoms with Gasteiger partial charge in [0.1, 0.15) is 5.57 Å². The molecule has 0 bridgehead atoms. The van der Waals surface area contributed by atoms with Crippen LogP contribution >= 0.6 is 35.0 Å². The van der Waals surface area contributed by atoms with Gasteiger partial charge < -0.3 is 9.84 Å². The zero-order valence-corrected chi connectivity index (χ0v) is 14.6. The van der Waals surface area contributed by atoms with E-state index in [1.54, 1.807) is 24.3 Å². The van der Waals surface area contributed by atoms with Crippen molar-refractivity contribution in [2.24, 2.45) is 0 Å². The molecule has 120 valence electrons. The lowest BCUT2D eigenvalue weighted by Gasteiger charge is -2.10. The number of ether oxygens (including phenoxy) is 1. The molecule has 0 fully saturated rings. The molecule has 0 amide bonds. The van der Waals surface area contributed by atoms with Crippen LogP contribution in [0.2, 0.25) is 10.0 Å². The number of carboxylic acid groups (broad SMARTS) is 1. The SMILES string of the molecule is CO/C=C(/C(=O)O)c1ccccc1SCc1cc(Cl)ccc1Cl. The minimum atomic E-state index is -1.04. The summed E-state index contributed by atoms with van der Waals surface area (Å²) in [5, 5.41) is 10.6. The van der Waals surface area contributed by atoms with Crippen LogP contribution in [0.4, 0.5) is 0 Å². The summed E-state index contributed by atoms with van der Waals surface area (Å²) in [6.07, 6.45) is 1.23. The quantitative estimate of drug-likeness (QED) is 0.423. The van der Waals surface area contributed by atoms with E-state index in [9.17, 15) is 9.90 Å². The van der Waals surface area contributed by atoms with E-state index in [1.165, 1.54) is 25.1 Å². The number of carbonyl (C=O) groups is 1. The third-order valence-electron chi connectivity index (χ3n) is 3.03. The molecular weight excluding hydrogens is 355 g/mol. The Morgan fingerprint density at radius 2 is 2.00 bits per heavy atom. The molecule has 0 saturated carbocycles. The van der Waals surface area contributed by atoms with Crippen LogP contribution in [0.15, 0.2) is 53.6 Å². The maximum atomic E-state index is 11.4. The third kappa shape index (κ3) is 4.67. The van der Waals surface area contributed by atoms with Gasteiger partial charge >= 0.3 is 5.97 Å². The molecule has 0 aliphatic heterocycles. The highest BCUT2D eigenvalue weighted by Crippen LogP contribution is 2.33. The van der Waals surface area contributed by atoms with Gasteiger partial charge in [-0.1, -0.05) is 41.4 Å². The van der Waals surface area contributed by atoms with E-state index in [0.717, 1.165) is 10.5 Å². The zero-order valence-electron chi connectivity index (χ0n) is 12.3. The van der Waals surface area contributed by atoms with Crippen molar-refractivity contribution in [3.05, 3.63) is 69.9 Å². The summed E-state index contributed by atoms with van der Waals surface area (Å²) >= 11 is 13.7. The van der Waals surface area contributed by atoms with Gasteiger partial charge in [-0.05, 0) is 29.8 Å². The number of hydrogen-bond donors (Lipinski definition) is 1. The number of aliphatic carboxylic acids is 1. The first-order valence-electron chi connectivity index (χ1n) is 6.65. The molecule has 0 radical (unpaired) electrons. The molecule has 0 aliphatic rings. The van der Waals surface area contributed by atoms with E-state index < -0.39 is 5.97 Å². The number of benzene rings is 2. The number of methoxy groups -OCH3 is 1. The Morgan fingerprint density at radius 3 is 2.70 bits per heavy atom.